The number of aryl methyl sites for hydroxylation is 1. The number of hydrogen-bond donors (Lipinski definition) is 0. The molecule has 5 atom stereocenters. The molecule has 1 aromatic rings. The van der Waals surface area contributed by atoms with Crippen LogP contribution in [0.1, 0.15) is 87.6 Å². The molecule has 4 heteroatoms. The molecule has 0 radical (unpaired) electrons. The molecule has 0 N–H and O–H groups in total. The molecule has 0 amide bonds. The zero-order chi connectivity index (χ0) is 18.4. The number of esters is 1. The average Bonchev–Trinajstić information content (AvgIpc) is 2.95. The van der Waals surface area contributed by atoms with Crippen LogP contribution < -0.4 is 0 Å². The second-order valence-electron chi connectivity index (χ2n) is 8.36. The SMILES string of the molecule is CCC(C)CC(=O)OC1c2c(C)coc2C(=O)C2CCCC(C)C21C. The van der Waals surface area contributed by atoms with Crippen LogP contribution in [-0.4, -0.2) is 11.8 Å². The van der Waals surface area contributed by atoms with Crippen LogP contribution in [0, 0.1) is 30.1 Å². The average molecular weight is 346 g/mol. The molecule has 3 rings (SSSR count). The first-order valence-corrected chi connectivity index (χ1v) is 9.62. The monoisotopic (exact) mass is 346 g/mol. The fourth-order valence-electron chi connectivity index (χ4n) is 4.68. The minimum Gasteiger partial charge on any atom is -0.461 e. The molecule has 5 unspecified atom stereocenters. The molecule has 0 spiro atoms. The van der Waals surface area contributed by atoms with Crippen LogP contribution in [0.25, 0.3) is 0 Å². The molecule has 1 saturated carbocycles. The van der Waals surface area contributed by atoms with E-state index in [1.807, 2.05) is 6.92 Å². The summed E-state index contributed by atoms with van der Waals surface area (Å²) in [6.45, 7) is 10.4. The molecule has 1 heterocycles. The molecule has 0 aromatic carbocycles. The zero-order valence-corrected chi connectivity index (χ0v) is 16.1. The van der Waals surface area contributed by atoms with Gasteiger partial charge in [0, 0.05) is 23.3 Å². The number of carbonyl (C=O) groups is 2. The van der Waals surface area contributed by atoms with Crippen molar-refractivity contribution in [1.29, 1.82) is 0 Å². The minimum absolute atomic E-state index is 0.0892. The van der Waals surface area contributed by atoms with Crippen molar-refractivity contribution in [2.24, 2.45) is 23.2 Å². The van der Waals surface area contributed by atoms with Gasteiger partial charge in [-0.15, -0.1) is 0 Å². The van der Waals surface area contributed by atoms with E-state index in [1.165, 1.54) is 0 Å². The van der Waals surface area contributed by atoms with Crippen LogP contribution >= 0.6 is 0 Å². The van der Waals surface area contributed by atoms with E-state index < -0.39 is 6.10 Å². The van der Waals surface area contributed by atoms with E-state index in [9.17, 15) is 9.59 Å². The Balaban J connectivity index is 2.02. The van der Waals surface area contributed by atoms with Gasteiger partial charge >= 0.3 is 5.97 Å². The van der Waals surface area contributed by atoms with Gasteiger partial charge in [-0.25, -0.2) is 0 Å². The van der Waals surface area contributed by atoms with Crippen molar-refractivity contribution in [2.75, 3.05) is 0 Å². The summed E-state index contributed by atoms with van der Waals surface area (Å²) in [5.41, 5.74) is 1.35. The summed E-state index contributed by atoms with van der Waals surface area (Å²) in [5, 5.41) is 0. The van der Waals surface area contributed by atoms with Gasteiger partial charge in [-0.05, 0) is 37.2 Å². The Morgan fingerprint density at radius 2 is 2.16 bits per heavy atom. The van der Waals surface area contributed by atoms with E-state index in [4.69, 9.17) is 9.15 Å². The fraction of sp³-hybridized carbons (Fsp3) is 0.714. The van der Waals surface area contributed by atoms with Gasteiger partial charge in [0.25, 0.3) is 0 Å². The Morgan fingerprint density at radius 1 is 1.44 bits per heavy atom. The maximum Gasteiger partial charge on any atom is 0.306 e. The van der Waals surface area contributed by atoms with Gasteiger partial charge in [-0.3, -0.25) is 9.59 Å². The lowest BCUT2D eigenvalue weighted by molar-refractivity contribution is -0.167. The van der Waals surface area contributed by atoms with E-state index in [2.05, 4.69) is 27.7 Å². The zero-order valence-electron chi connectivity index (χ0n) is 16.1. The normalized spacial score (nSPS) is 32.7. The van der Waals surface area contributed by atoms with Gasteiger partial charge in [0.2, 0.25) is 5.78 Å². The Morgan fingerprint density at radius 3 is 2.84 bits per heavy atom. The number of hydrogen-bond acceptors (Lipinski definition) is 4. The van der Waals surface area contributed by atoms with Crippen molar-refractivity contribution in [3.05, 3.63) is 23.2 Å². The molecule has 25 heavy (non-hydrogen) atoms. The molecular formula is C21H30O4. The summed E-state index contributed by atoms with van der Waals surface area (Å²) < 4.78 is 11.7. The van der Waals surface area contributed by atoms with Crippen molar-refractivity contribution in [3.63, 3.8) is 0 Å². The number of ether oxygens (including phenoxy) is 1. The van der Waals surface area contributed by atoms with E-state index in [-0.39, 0.29) is 23.1 Å². The molecule has 1 fully saturated rings. The summed E-state index contributed by atoms with van der Waals surface area (Å²) in [6.07, 6.45) is 5.55. The van der Waals surface area contributed by atoms with Gasteiger partial charge < -0.3 is 9.15 Å². The maximum atomic E-state index is 13.0. The lowest BCUT2D eigenvalue weighted by atomic mass is 9.54. The number of carbonyl (C=O) groups excluding carboxylic acids is 2. The Labute approximate surface area is 150 Å². The van der Waals surface area contributed by atoms with Crippen molar-refractivity contribution in [3.8, 4) is 0 Å². The Hall–Kier alpha value is -1.58. The predicted molar refractivity (Wildman–Crippen MR) is 95.3 cm³/mol. The number of rotatable bonds is 4. The summed E-state index contributed by atoms with van der Waals surface area (Å²) in [5.74, 6) is 0.824. The molecule has 4 nitrogen and oxygen atoms in total. The second-order valence-corrected chi connectivity index (χ2v) is 8.36. The molecule has 0 bridgehead atoms. The number of fused-ring (bicyclic) bond motifs is 2. The van der Waals surface area contributed by atoms with Crippen LogP contribution in [0.15, 0.2) is 10.7 Å². The van der Waals surface area contributed by atoms with Gasteiger partial charge in [-0.1, -0.05) is 40.5 Å². The van der Waals surface area contributed by atoms with Gasteiger partial charge in [-0.2, -0.15) is 0 Å². The van der Waals surface area contributed by atoms with Crippen LogP contribution in [0.2, 0.25) is 0 Å². The van der Waals surface area contributed by atoms with Crippen LogP contribution in [0.5, 0.6) is 0 Å². The first kappa shape index (κ1) is 18.2. The van der Waals surface area contributed by atoms with Crippen molar-refractivity contribution in [2.45, 2.75) is 72.8 Å². The smallest absolute Gasteiger partial charge is 0.306 e. The topological polar surface area (TPSA) is 56.5 Å². The summed E-state index contributed by atoms with van der Waals surface area (Å²) in [7, 11) is 0. The first-order chi connectivity index (χ1) is 11.8. The molecule has 138 valence electrons. The molecule has 2 aliphatic carbocycles. The third kappa shape index (κ3) is 2.84. The standard InChI is InChI=1S/C21H30O4/c1-6-12(2)10-16(22)25-20-17-13(3)11-24-19(17)18(23)15-9-7-8-14(4)21(15,20)5/h11-12,14-15,20H,6-10H2,1-5H3. The van der Waals surface area contributed by atoms with E-state index in [1.54, 1.807) is 6.26 Å². The Bertz CT molecular complexity index is 673. The van der Waals surface area contributed by atoms with Crippen LogP contribution in [-0.2, 0) is 9.53 Å². The number of ketones is 1. The third-order valence-corrected chi connectivity index (χ3v) is 6.79. The van der Waals surface area contributed by atoms with Gasteiger partial charge in [0.05, 0.1) is 6.26 Å². The lowest BCUT2D eigenvalue weighted by Gasteiger charge is -2.51. The molecule has 1 aromatic heterocycles. The van der Waals surface area contributed by atoms with E-state index in [0.29, 0.717) is 24.0 Å². The molecule has 0 saturated heterocycles. The van der Waals surface area contributed by atoms with Crippen molar-refractivity contribution < 1.29 is 18.7 Å². The highest BCUT2D eigenvalue weighted by Crippen LogP contribution is 2.59. The van der Waals surface area contributed by atoms with Gasteiger partial charge in [0.1, 0.15) is 6.10 Å². The highest BCUT2D eigenvalue weighted by atomic mass is 16.5. The summed E-state index contributed by atoms with van der Waals surface area (Å²) >= 11 is 0. The van der Waals surface area contributed by atoms with Gasteiger partial charge in [0.15, 0.2) is 5.76 Å². The molecule has 0 aliphatic heterocycles. The van der Waals surface area contributed by atoms with Crippen molar-refractivity contribution >= 4 is 11.8 Å². The largest absolute Gasteiger partial charge is 0.461 e. The van der Waals surface area contributed by atoms with Crippen molar-refractivity contribution in [1.82, 2.24) is 0 Å². The summed E-state index contributed by atoms with van der Waals surface area (Å²) in [4.78, 5) is 25.6. The molecular weight excluding hydrogens is 316 g/mol. The van der Waals surface area contributed by atoms with E-state index in [0.717, 1.165) is 36.8 Å². The van der Waals surface area contributed by atoms with E-state index >= 15 is 0 Å². The fourth-order valence-corrected chi connectivity index (χ4v) is 4.68. The summed E-state index contributed by atoms with van der Waals surface area (Å²) in [6, 6.07) is 0. The van der Waals surface area contributed by atoms with Crippen LogP contribution in [0.4, 0.5) is 0 Å². The second kappa shape index (κ2) is 6.62. The predicted octanol–water partition coefficient (Wildman–Crippen LogP) is 5.25. The quantitative estimate of drug-likeness (QED) is 0.699. The minimum atomic E-state index is -0.393. The molecule has 2 aliphatic rings. The number of Topliss-reactive ketones (excluding diaryl/α,β-unsaturated/α-hetero) is 1. The highest BCUT2D eigenvalue weighted by Gasteiger charge is 2.58. The highest BCUT2D eigenvalue weighted by molar-refractivity contribution is 5.99. The first-order valence-electron chi connectivity index (χ1n) is 9.62. The number of furan rings is 1. The third-order valence-electron chi connectivity index (χ3n) is 6.79. The Kier molecular flexibility index (Phi) is 4.82. The lowest BCUT2D eigenvalue weighted by Crippen LogP contribution is -2.50. The van der Waals surface area contributed by atoms with Crippen LogP contribution in [0.3, 0.4) is 0 Å². The maximum absolute atomic E-state index is 13.0.